The molecule has 5 nitrogen and oxygen atoms in total. The summed E-state index contributed by atoms with van der Waals surface area (Å²) in [4.78, 5) is 25.4. The first-order chi connectivity index (χ1) is 9.72. The summed E-state index contributed by atoms with van der Waals surface area (Å²) in [7, 11) is 0. The molecule has 1 aromatic rings. The number of carbonyl (C=O) groups is 2. The topological polar surface area (TPSA) is 61.4 Å². The van der Waals surface area contributed by atoms with Gasteiger partial charge in [-0.1, -0.05) is 24.3 Å². The van der Waals surface area contributed by atoms with E-state index in [0.29, 0.717) is 12.6 Å². The number of nitrogens with zero attached hydrogens (tertiary/aromatic N) is 1. The third kappa shape index (κ3) is 3.10. The van der Waals surface area contributed by atoms with Gasteiger partial charge in [0.25, 0.3) is 0 Å². The second-order valence-electron chi connectivity index (χ2n) is 5.44. The molecule has 0 saturated heterocycles. The quantitative estimate of drug-likeness (QED) is 0.864. The summed E-state index contributed by atoms with van der Waals surface area (Å²) in [5, 5.41) is 5.44. The molecule has 2 aliphatic rings. The standard InChI is InChI=1S/C15H19N3O2/c19-14(9-16-15(20)17-13-5-6-13)18-8-7-11-3-1-2-4-12(11)10-18/h1-4,13H,5-10H2,(H2,16,17,20). The molecule has 1 aliphatic carbocycles. The number of hydrogen-bond donors (Lipinski definition) is 2. The predicted molar refractivity (Wildman–Crippen MR) is 75.1 cm³/mol. The number of nitrogens with one attached hydrogen (secondary N) is 2. The van der Waals surface area contributed by atoms with Gasteiger partial charge in [0.1, 0.15) is 0 Å². The summed E-state index contributed by atoms with van der Waals surface area (Å²) in [6, 6.07) is 8.26. The third-order valence-electron chi connectivity index (χ3n) is 3.80. The van der Waals surface area contributed by atoms with Crippen LogP contribution in [0.15, 0.2) is 24.3 Å². The number of fused-ring (bicyclic) bond motifs is 1. The van der Waals surface area contributed by atoms with Crippen molar-refractivity contribution in [3.05, 3.63) is 35.4 Å². The largest absolute Gasteiger partial charge is 0.336 e. The van der Waals surface area contributed by atoms with Gasteiger partial charge in [-0.3, -0.25) is 4.79 Å². The lowest BCUT2D eigenvalue weighted by atomic mass is 10.00. The summed E-state index contributed by atoms with van der Waals surface area (Å²) in [6.45, 7) is 1.43. The SMILES string of the molecule is O=C(NCC(=O)N1CCc2ccccc2C1)NC1CC1. The number of carbonyl (C=O) groups excluding carboxylic acids is 2. The first kappa shape index (κ1) is 13.0. The van der Waals surface area contributed by atoms with Crippen molar-refractivity contribution < 1.29 is 9.59 Å². The normalized spacial score (nSPS) is 17.3. The Balaban J connectivity index is 1.49. The zero-order valence-corrected chi connectivity index (χ0v) is 11.4. The Morgan fingerprint density at radius 1 is 1.20 bits per heavy atom. The van der Waals surface area contributed by atoms with E-state index in [4.69, 9.17) is 0 Å². The maximum absolute atomic E-state index is 12.1. The van der Waals surface area contributed by atoms with E-state index in [0.717, 1.165) is 25.8 Å². The first-order valence-corrected chi connectivity index (χ1v) is 7.11. The molecule has 0 spiro atoms. The Morgan fingerprint density at radius 2 is 1.95 bits per heavy atom. The molecular formula is C15H19N3O2. The molecule has 5 heteroatoms. The van der Waals surface area contributed by atoms with E-state index in [1.165, 1.54) is 11.1 Å². The number of urea groups is 1. The van der Waals surface area contributed by atoms with E-state index in [1.807, 2.05) is 12.1 Å². The van der Waals surface area contributed by atoms with Gasteiger partial charge in [0.05, 0.1) is 6.54 Å². The Morgan fingerprint density at radius 3 is 2.70 bits per heavy atom. The van der Waals surface area contributed by atoms with Crippen LogP contribution < -0.4 is 10.6 Å². The molecule has 20 heavy (non-hydrogen) atoms. The van der Waals surface area contributed by atoms with Crippen molar-refractivity contribution in [2.24, 2.45) is 0 Å². The van der Waals surface area contributed by atoms with Crippen LogP contribution in [0.5, 0.6) is 0 Å². The summed E-state index contributed by atoms with van der Waals surface area (Å²) in [5.74, 6) is -0.0227. The minimum absolute atomic E-state index is 0.0227. The second kappa shape index (κ2) is 5.53. The fraction of sp³-hybridized carbons (Fsp3) is 0.467. The Bertz CT molecular complexity index is 526. The van der Waals surface area contributed by atoms with Gasteiger partial charge in [0.2, 0.25) is 5.91 Å². The summed E-state index contributed by atoms with van der Waals surface area (Å²) in [6.07, 6.45) is 2.98. The van der Waals surface area contributed by atoms with Crippen LogP contribution in [-0.4, -0.2) is 36.0 Å². The van der Waals surface area contributed by atoms with Gasteiger partial charge in [-0.2, -0.15) is 0 Å². The second-order valence-corrected chi connectivity index (χ2v) is 5.44. The smallest absolute Gasteiger partial charge is 0.315 e. The van der Waals surface area contributed by atoms with Crippen molar-refractivity contribution in [3.63, 3.8) is 0 Å². The highest BCUT2D eigenvalue weighted by Gasteiger charge is 2.24. The zero-order valence-electron chi connectivity index (χ0n) is 11.4. The average Bonchev–Trinajstić information content (AvgIpc) is 3.28. The molecule has 1 heterocycles. The highest BCUT2D eigenvalue weighted by atomic mass is 16.2. The third-order valence-corrected chi connectivity index (χ3v) is 3.80. The van der Waals surface area contributed by atoms with Crippen LogP contribution >= 0.6 is 0 Å². The van der Waals surface area contributed by atoms with Crippen LogP contribution in [0.3, 0.4) is 0 Å². The van der Waals surface area contributed by atoms with Crippen molar-refractivity contribution in [2.75, 3.05) is 13.1 Å². The lowest BCUT2D eigenvalue weighted by Gasteiger charge is -2.29. The van der Waals surface area contributed by atoms with Crippen molar-refractivity contribution in [1.82, 2.24) is 15.5 Å². The fourth-order valence-electron chi connectivity index (χ4n) is 2.44. The van der Waals surface area contributed by atoms with E-state index >= 15 is 0 Å². The molecule has 3 rings (SSSR count). The Kier molecular flexibility index (Phi) is 3.58. The first-order valence-electron chi connectivity index (χ1n) is 7.11. The predicted octanol–water partition coefficient (Wildman–Crippen LogP) is 1.03. The lowest BCUT2D eigenvalue weighted by molar-refractivity contribution is -0.130. The van der Waals surface area contributed by atoms with Crippen molar-refractivity contribution in [2.45, 2.75) is 31.8 Å². The van der Waals surface area contributed by atoms with Gasteiger partial charge in [0, 0.05) is 19.1 Å². The molecule has 1 fully saturated rings. The van der Waals surface area contributed by atoms with E-state index in [1.54, 1.807) is 4.90 Å². The molecule has 1 aliphatic heterocycles. The van der Waals surface area contributed by atoms with Crippen LogP contribution in [0.25, 0.3) is 0 Å². The van der Waals surface area contributed by atoms with E-state index in [-0.39, 0.29) is 18.5 Å². The zero-order chi connectivity index (χ0) is 13.9. The number of benzene rings is 1. The maximum Gasteiger partial charge on any atom is 0.315 e. The molecule has 0 aromatic heterocycles. The fourth-order valence-corrected chi connectivity index (χ4v) is 2.44. The van der Waals surface area contributed by atoms with Crippen molar-refractivity contribution in [1.29, 1.82) is 0 Å². The minimum atomic E-state index is -0.238. The molecule has 0 radical (unpaired) electrons. The number of amides is 3. The molecule has 1 saturated carbocycles. The van der Waals surface area contributed by atoms with Gasteiger partial charge >= 0.3 is 6.03 Å². The number of hydrogen-bond acceptors (Lipinski definition) is 2. The van der Waals surface area contributed by atoms with Crippen molar-refractivity contribution >= 4 is 11.9 Å². The van der Waals surface area contributed by atoms with Crippen LogP contribution in [-0.2, 0) is 17.8 Å². The molecule has 106 valence electrons. The van der Waals surface area contributed by atoms with E-state index in [2.05, 4.69) is 22.8 Å². The van der Waals surface area contributed by atoms with Gasteiger partial charge in [-0.05, 0) is 30.4 Å². The Labute approximate surface area is 118 Å². The van der Waals surface area contributed by atoms with Gasteiger partial charge < -0.3 is 15.5 Å². The van der Waals surface area contributed by atoms with Gasteiger partial charge in [0.15, 0.2) is 0 Å². The lowest BCUT2D eigenvalue weighted by Crippen LogP contribution is -2.45. The summed E-state index contributed by atoms with van der Waals surface area (Å²) >= 11 is 0. The summed E-state index contributed by atoms with van der Waals surface area (Å²) in [5.41, 5.74) is 2.52. The minimum Gasteiger partial charge on any atom is -0.336 e. The molecular weight excluding hydrogens is 254 g/mol. The molecule has 0 bridgehead atoms. The molecule has 0 atom stereocenters. The van der Waals surface area contributed by atoms with E-state index < -0.39 is 0 Å². The Hall–Kier alpha value is -2.04. The van der Waals surface area contributed by atoms with Crippen LogP contribution in [0.4, 0.5) is 4.79 Å². The maximum atomic E-state index is 12.1. The average molecular weight is 273 g/mol. The highest BCUT2D eigenvalue weighted by Crippen LogP contribution is 2.19. The van der Waals surface area contributed by atoms with Crippen LogP contribution in [0, 0.1) is 0 Å². The van der Waals surface area contributed by atoms with Gasteiger partial charge in [-0.15, -0.1) is 0 Å². The monoisotopic (exact) mass is 273 g/mol. The molecule has 1 aromatic carbocycles. The molecule has 0 unspecified atom stereocenters. The van der Waals surface area contributed by atoms with E-state index in [9.17, 15) is 9.59 Å². The van der Waals surface area contributed by atoms with Gasteiger partial charge in [-0.25, -0.2) is 4.79 Å². The molecule has 3 amide bonds. The highest BCUT2D eigenvalue weighted by molar-refractivity contribution is 5.84. The molecule has 2 N–H and O–H groups in total. The van der Waals surface area contributed by atoms with Crippen LogP contribution in [0.1, 0.15) is 24.0 Å². The number of rotatable bonds is 3. The van der Waals surface area contributed by atoms with Crippen LogP contribution in [0.2, 0.25) is 0 Å². The summed E-state index contributed by atoms with van der Waals surface area (Å²) < 4.78 is 0. The van der Waals surface area contributed by atoms with Crippen molar-refractivity contribution in [3.8, 4) is 0 Å².